The van der Waals surface area contributed by atoms with Crippen LogP contribution in [0.1, 0.15) is 36.8 Å². The lowest BCUT2D eigenvalue weighted by Crippen LogP contribution is -2.39. The Morgan fingerprint density at radius 3 is 2.46 bits per heavy atom. The van der Waals surface area contributed by atoms with Gasteiger partial charge < -0.3 is 9.84 Å². The fraction of sp³-hybridized carbons (Fsp3) is 0.250. The second-order valence-electron chi connectivity index (χ2n) is 10.5. The number of hydrogen-bond acceptors (Lipinski definition) is 6. The second kappa shape index (κ2) is 9.05. The van der Waals surface area contributed by atoms with Crippen molar-refractivity contribution >= 4 is 35.1 Å². The number of benzene rings is 2. The van der Waals surface area contributed by atoms with Gasteiger partial charge in [-0.15, -0.1) is 0 Å². The van der Waals surface area contributed by atoms with Crippen molar-refractivity contribution in [3.63, 3.8) is 0 Å². The Bertz CT molecular complexity index is 1570. The maximum atomic E-state index is 13.9. The number of methoxy groups -OCH3 is 1. The van der Waals surface area contributed by atoms with Crippen molar-refractivity contribution in [2.24, 2.45) is 17.8 Å². The van der Waals surface area contributed by atoms with E-state index in [1.54, 1.807) is 37.3 Å². The Balaban J connectivity index is 1.48. The predicted molar refractivity (Wildman–Crippen MR) is 145 cm³/mol. The van der Waals surface area contributed by atoms with Crippen LogP contribution in [-0.2, 0) is 19.2 Å². The van der Waals surface area contributed by atoms with Crippen LogP contribution in [0, 0.1) is 17.8 Å². The van der Waals surface area contributed by atoms with E-state index in [1.165, 1.54) is 24.2 Å². The number of allylic oxidation sites excluding steroid dienone is 6. The highest BCUT2D eigenvalue weighted by molar-refractivity contribution is 6.25. The average molecular weight is 522 g/mol. The van der Waals surface area contributed by atoms with E-state index in [1.807, 2.05) is 18.2 Å². The smallest absolute Gasteiger partial charge is 0.238 e. The topological polar surface area (TPSA) is 101 Å². The SMILES string of the molecule is C=Cc1ccc(N2C(=O)[C@H]3[C@H](CC=C4[C@H](c5ccc(O)c(OC)c5)C5=C(C[C@H]43)C(=O)C(C)=CC5=O)C2=O)cc1. The average Bonchev–Trinajstić information content (AvgIpc) is 3.20. The minimum atomic E-state index is -0.652. The van der Waals surface area contributed by atoms with Crippen molar-refractivity contribution in [3.8, 4) is 11.5 Å². The van der Waals surface area contributed by atoms with Gasteiger partial charge in [0, 0.05) is 22.6 Å². The van der Waals surface area contributed by atoms with Crippen molar-refractivity contribution in [2.45, 2.75) is 25.7 Å². The number of Topliss-reactive ketones (excluding diaryl/α,β-unsaturated/α-hetero) is 1. The molecule has 2 aromatic carbocycles. The number of carbonyl (C=O) groups is 4. The number of fused-ring (bicyclic) bond motifs is 3. The number of amides is 2. The van der Waals surface area contributed by atoms with Gasteiger partial charge in [0.1, 0.15) is 0 Å². The summed E-state index contributed by atoms with van der Waals surface area (Å²) in [7, 11) is 1.44. The molecule has 0 aromatic heterocycles. The standard InChI is InChI=1S/C32H27NO6/c1-4-17-5-8-19(9-6-17)33-31(37)21-11-10-20-22(28(21)32(33)38)15-23-29(25(35)13-16(2)30(23)36)27(20)18-7-12-24(34)26(14-18)39-3/h4-10,12-14,21-22,27-28,34H,1,11,15H2,2-3H3/t21-,22+,27-,28-/m0/s1. The van der Waals surface area contributed by atoms with E-state index in [0.29, 0.717) is 34.4 Å². The van der Waals surface area contributed by atoms with Gasteiger partial charge in [0.25, 0.3) is 0 Å². The van der Waals surface area contributed by atoms with Gasteiger partial charge in [-0.3, -0.25) is 24.1 Å². The molecular weight excluding hydrogens is 494 g/mol. The molecule has 0 spiro atoms. The first-order chi connectivity index (χ1) is 18.7. The lowest BCUT2D eigenvalue weighted by molar-refractivity contribution is -0.123. The quantitative estimate of drug-likeness (QED) is 0.356. The number of aromatic hydroxyl groups is 1. The molecule has 39 heavy (non-hydrogen) atoms. The molecule has 0 saturated carbocycles. The summed E-state index contributed by atoms with van der Waals surface area (Å²) >= 11 is 0. The zero-order valence-electron chi connectivity index (χ0n) is 21.6. The Labute approximate surface area is 225 Å². The molecule has 0 radical (unpaired) electrons. The van der Waals surface area contributed by atoms with E-state index in [-0.39, 0.29) is 41.3 Å². The molecule has 6 rings (SSSR count). The minimum Gasteiger partial charge on any atom is -0.504 e. The summed E-state index contributed by atoms with van der Waals surface area (Å²) < 4.78 is 5.33. The van der Waals surface area contributed by atoms with E-state index in [4.69, 9.17) is 4.74 Å². The van der Waals surface area contributed by atoms with E-state index < -0.39 is 23.7 Å². The molecule has 3 aliphatic carbocycles. The number of carbonyl (C=O) groups excluding carboxylic acids is 4. The molecule has 1 fully saturated rings. The zero-order chi connectivity index (χ0) is 27.6. The van der Waals surface area contributed by atoms with Crippen molar-refractivity contribution in [2.75, 3.05) is 12.0 Å². The summed E-state index contributed by atoms with van der Waals surface area (Å²) in [4.78, 5) is 55.5. The first-order valence-electron chi connectivity index (χ1n) is 12.9. The van der Waals surface area contributed by atoms with E-state index in [2.05, 4.69) is 6.58 Å². The Kier molecular flexibility index (Phi) is 5.75. The highest BCUT2D eigenvalue weighted by atomic mass is 16.5. The molecule has 2 amide bonds. The summed E-state index contributed by atoms with van der Waals surface area (Å²) in [6, 6.07) is 12.0. The Morgan fingerprint density at radius 1 is 1.03 bits per heavy atom. The van der Waals surface area contributed by atoms with Crippen molar-refractivity contribution < 1.29 is 29.0 Å². The first kappa shape index (κ1) is 24.8. The van der Waals surface area contributed by atoms with Crippen molar-refractivity contribution in [1.29, 1.82) is 0 Å². The largest absolute Gasteiger partial charge is 0.504 e. The van der Waals surface area contributed by atoms with Crippen LogP contribution in [0.3, 0.4) is 0 Å². The molecule has 7 nitrogen and oxygen atoms in total. The van der Waals surface area contributed by atoms with Gasteiger partial charge in [-0.05, 0) is 67.2 Å². The summed E-state index contributed by atoms with van der Waals surface area (Å²) in [6.07, 6.45) is 5.60. The number of hydrogen-bond donors (Lipinski definition) is 1. The molecule has 1 N–H and O–H groups in total. The summed E-state index contributed by atoms with van der Waals surface area (Å²) in [5, 5.41) is 10.2. The number of imide groups is 1. The second-order valence-corrected chi connectivity index (χ2v) is 10.5. The lowest BCUT2D eigenvalue weighted by atomic mass is 9.59. The van der Waals surface area contributed by atoms with Gasteiger partial charge in [-0.25, -0.2) is 0 Å². The number of phenolic OH excluding ortho intramolecular Hbond substituents is 1. The first-order valence-corrected chi connectivity index (χ1v) is 12.9. The van der Waals surface area contributed by atoms with Crippen molar-refractivity contribution in [1.82, 2.24) is 0 Å². The monoisotopic (exact) mass is 521 g/mol. The summed E-state index contributed by atoms with van der Waals surface area (Å²) in [5.41, 5.74) is 4.06. The van der Waals surface area contributed by atoms with Crippen LogP contribution in [0.15, 0.2) is 83.5 Å². The maximum Gasteiger partial charge on any atom is 0.238 e. The van der Waals surface area contributed by atoms with E-state index in [9.17, 15) is 24.3 Å². The van der Waals surface area contributed by atoms with Crippen LogP contribution in [-0.4, -0.2) is 35.6 Å². The number of phenols is 1. The molecule has 1 saturated heterocycles. The van der Waals surface area contributed by atoms with Crippen LogP contribution in [0.4, 0.5) is 5.69 Å². The number of ketones is 2. The fourth-order valence-corrected chi connectivity index (χ4v) is 6.65. The minimum absolute atomic E-state index is 0.0445. The number of ether oxygens (including phenoxy) is 1. The zero-order valence-corrected chi connectivity index (χ0v) is 21.6. The Morgan fingerprint density at radius 2 is 1.77 bits per heavy atom. The van der Waals surface area contributed by atoms with Crippen LogP contribution >= 0.6 is 0 Å². The molecular formula is C32H27NO6. The number of nitrogens with zero attached hydrogens (tertiary/aromatic N) is 1. The van der Waals surface area contributed by atoms with Gasteiger partial charge in [-0.2, -0.15) is 0 Å². The molecule has 7 heteroatoms. The van der Waals surface area contributed by atoms with Crippen LogP contribution in [0.5, 0.6) is 11.5 Å². The molecule has 4 atom stereocenters. The van der Waals surface area contributed by atoms with Gasteiger partial charge >= 0.3 is 0 Å². The third-order valence-corrected chi connectivity index (χ3v) is 8.49. The fourth-order valence-electron chi connectivity index (χ4n) is 6.65. The number of anilines is 1. The highest BCUT2D eigenvalue weighted by Crippen LogP contribution is 2.55. The Hall–Kier alpha value is -4.52. The predicted octanol–water partition coefficient (Wildman–Crippen LogP) is 4.68. The molecule has 0 unspecified atom stereocenters. The molecule has 2 aromatic rings. The summed E-state index contributed by atoms with van der Waals surface area (Å²) in [6.45, 7) is 5.38. The van der Waals surface area contributed by atoms with E-state index >= 15 is 0 Å². The molecule has 4 aliphatic rings. The molecule has 1 aliphatic heterocycles. The van der Waals surface area contributed by atoms with E-state index in [0.717, 1.165) is 11.1 Å². The van der Waals surface area contributed by atoms with Gasteiger partial charge in [-0.1, -0.05) is 42.5 Å². The summed E-state index contributed by atoms with van der Waals surface area (Å²) in [5.74, 6) is -3.02. The number of rotatable bonds is 4. The molecule has 196 valence electrons. The van der Waals surface area contributed by atoms with Crippen LogP contribution in [0.2, 0.25) is 0 Å². The van der Waals surface area contributed by atoms with Crippen LogP contribution < -0.4 is 9.64 Å². The lowest BCUT2D eigenvalue weighted by Gasteiger charge is -2.42. The van der Waals surface area contributed by atoms with Gasteiger partial charge in [0.05, 0.1) is 24.6 Å². The third kappa shape index (κ3) is 3.64. The maximum absolute atomic E-state index is 13.9. The van der Waals surface area contributed by atoms with Gasteiger partial charge in [0.15, 0.2) is 23.1 Å². The third-order valence-electron chi connectivity index (χ3n) is 8.49. The molecule has 0 bridgehead atoms. The molecule has 1 heterocycles. The van der Waals surface area contributed by atoms with Crippen molar-refractivity contribution in [3.05, 3.63) is 94.6 Å². The van der Waals surface area contributed by atoms with Gasteiger partial charge in [0.2, 0.25) is 11.8 Å². The highest BCUT2D eigenvalue weighted by Gasteiger charge is 2.56. The normalized spacial score (nSPS) is 26.1. The van der Waals surface area contributed by atoms with Crippen LogP contribution in [0.25, 0.3) is 6.08 Å².